The molecule has 0 bridgehead atoms. The summed E-state index contributed by atoms with van der Waals surface area (Å²) in [5.41, 5.74) is 0. The topological polar surface area (TPSA) is 26.3 Å². The van der Waals surface area contributed by atoms with Gasteiger partial charge in [0.05, 0.1) is 0 Å². The van der Waals surface area contributed by atoms with E-state index in [1.54, 1.807) is 0 Å². The van der Waals surface area contributed by atoms with E-state index in [1.807, 2.05) is 0 Å². The molecule has 0 spiro atoms. The van der Waals surface area contributed by atoms with Gasteiger partial charge < -0.3 is 4.74 Å². The molecule has 0 fully saturated rings. The predicted octanol–water partition coefficient (Wildman–Crippen LogP) is 0.693. The highest BCUT2D eigenvalue weighted by Gasteiger charge is 1.95. The smallest absolute Gasteiger partial charge is 0.304 e. The molecule has 0 saturated carbocycles. The molecule has 2 nitrogen and oxygen atoms in total. The molecule has 0 N–H and O–H groups in total. The number of thiol groups is 2. The third kappa shape index (κ3) is 6.17. The molecule has 42 valence electrons. The Hall–Kier alpha value is 0.170. The molecule has 0 saturated heterocycles. The molecule has 0 aromatic carbocycles. The van der Waals surface area contributed by atoms with Gasteiger partial charge >= 0.3 is 5.97 Å². The number of rotatable bonds is 1. The molecule has 4 heteroatoms. The fourth-order valence-electron chi connectivity index (χ4n) is 0.148. The third-order valence-corrected chi connectivity index (χ3v) is 0.482. The summed E-state index contributed by atoms with van der Waals surface area (Å²) in [6.45, 7) is 1.30. The highest BCUT2D eigenvalue weighted by Crippen LogP contribution is 2.00. The van der Waals surface area contributed by atoms with Crippen LogP contribution in [0.4, 0.5) is 0 Å². The fourth-order valence-corrected chi connectivity index (χ4v) is 0.445. The van der Waals surface area contributed by atoms with Crippen LogP contribution in [-0.2, 0) is 9.53 Å². The van der Waals surface area contributed by atoms with Crippen molar-refractivity contribution in [3.05, 3.63) is 0 Å². The zero-order chi connectivity index (χ0) is 5.86. The second kappa shape index (κ2) is 3.21. The lowest BCUT2D eigenvalue weighted by atomic mass is 10.8. The minimum absolute atomic E-state index is 0.366. The second-order valence-corrected chi connectivity index (χ2v) is 2.28. The highest BCUT2D eigenvalue weighted by atomic mass is 32.2. The largest absolute Gasteiger partial charge is 0.442 e. The van der Waals surface area contributed by atoms with Crippen LogP contribution in [-0.4, -0.2) is 10.7 Å². The molecule has 0 aliphatic rings. The summed E-state index contributed by atoms with van der Waals surface area (Å²) in [6.07, 6.45) is 0. The lowest BCUT2D eigenvalue weighted by Gasteiger charge is -1.99. The van der Waals surface area contributed by atoms with Gasteiger partial charge in [0, 0.05) is 6.92 Å². The van der Waals surface area contributed by atoms with Crippen LogP contribution in [0, 0.1) is 0 Å². The van der Waals surface area contributed by atoms with Gasteiger partial charge in [-0.05, 0) is 0 Å². The minimum Gasteiger partial charge on any atom is -0.442 e. The molecule has 0 aromatic heterocycles. The molecule has 0 amide bonds. The second-order valence-electron chi connectivity index (χ2n) is 0.936. The number of carbonyl (C=O) groups excluding carboxylic acids is 1. The summed E-state index contributed by atoms with van der Waals surface area (Å²) < 4.78 is 3.75. The van der Waals surface area contributed by atoms with Crippen LogP contribution in [0.3, 0.4) is 0 Å². The first-order chi connectivity index (χ1) is 3.13. The Morgan fingerprint density at radius 3 is 2.14 bits per heavy atom. The maximum absolute atomic E-state index is 9.93. The molecule has 0 atom stereocenters. The van der Waals surface area contributed by atoms with Crippen LogP contribution in [0.2, 0.25) is 0 Å². The van der Waals surface area contributed by atoms with Crippen molar-refractivity contribution in [1.82, 2.24) is 0 Å². The van der Waals surface area contributed by atoms with Crippen molar-refractivity contribution < 1.29 is 9.53 Å². The molecule has 0 aliphatic heterocycles. The Labute approximate surface area is 53.1 Å². The Kier molecular flexibility index (Phi) is 3.29. The summed E-state index contributed by atoms with van der Waals surface area (Å²) in [5.74, 6) is -0.366. The summed E-state index contributed by atoms with van der Waals surface area (Å²) in [7, 11) is 0. The van der Waals surface area contributed by atoms with E-state index in [0.717, 1.165) is 0 Å². The molecular formula is C3H6O2S2. The molecule has 0 aromatic rings. The van der Waals surface area contributed by atoms with Gasteiger partial charge in [0.2, 0.25) is 0 Å². The molecule has 0 heterocycles. The van der Waals surface area contributed by atoms with E-state index in [9.17, 15) is 4.79 Å². The van der Waals surface area contributed by atoms with Crippen LogP contribution in [0.5, 0.6) is 0 Å². The van der Waals surface area contributed by atoms with E-state index < -0.39 is 4.77 Å². The monoisotopic (exact) mass is 138 g/mol. The number of carbonyl (C=O) groups is 1. The number of hydrogen-bond acceptors (Lipinski definition) is 4. The Morgan fingerprint density at radius 2 is 2.14 bits per heavy atom. The first-order valence-electron chi connectivity index (χ1n) is 1.66. The van der Waals surface area contributed by atoms with E-state index in [-0.39, 0.29) is 5.97 Å². The normalized spacial score (nSPS) is 9.14. The molecular weight excluding hydrogens is 132 g/mol. The molecule has 7 heavy (non-hydrogen) atoms. The Balaban J connectivity index is 3.13. The van der Waals surface area contributed by atoms with Gasteiger partial charge in [-0.25, -0.2) is 0 Å². The van der Waals surface area contributed by atoms with Crippen molar-refractivity contribution in [2.24, 2.45) is 0 Å². The van der Waals surface area contributed by atoms with Gasteiger partial charge in [-0.2, -0.15) is 0 Å². The average Bonchev–Trinajstić information content (AvgIpc) is 1.27. The van der Waals surface area contributed by atoms with Crippen LogP contribution in [0.1, 0.15) is 6.92 Å². The Morgan fingerprint density at radius 1 is 1.71 bits per heavy atom. The lowest BCUT2D eigenvalue weighted by molar-refractivity contribution is -0.139. The van der Waals surface area contributed by atoms with Crippen LogP contribution in [0.25, 0.3) is 0 Å². The zero-order valence-electron chi connectivity index (χ0n) is 3.79. The van der Waals surface area contributed by atoms with Crippen molar-refractivity contribution in [1.29, 1.82) is 0 Å². The molecule has 0 radical (unpaired) electrons. The first-order valence-corrected chi connectivity index (χ1v) is 2.69. The van der Waals surface area contributed by atoms with Crippen LogP contribution in [0.15, 0.2) is 0 Å². The van der Waals surface area contributed by atoms with Crippen molar-refractivity contribution >= 4 is 31.2 Å². The summed E-state index contributed by atoms with van der Waals surface area (Å²) in [5, 5.41) is 0. The van der Waals surface area contributed by atoms with Crippen LogP contribution >= 0.6 is 25.3 Å². The first kappa shape index (κ1) is 7.17. The van der Waals surface area contributed by atoms with E-state index in [4.69, 9.17) is 0 Å². The van der Waals surface area contributed by atoms with E-state index in [1.165, 1.54) is 6.92 Å². The summed E-state index contributed by atoms with van der Waals surface area (Å²) in [6, 6.07) is 0. The van der Waals surface area contributed by atoms with Crippen molar-refractivity contribution in [2.75, 3.05) is 0 Å². The molecule has 0 aliphatic carbocycles. The van der Waals surface area contributed by atoms with Gasteiger partial charge in [-0.15, -0.1) is 25.3 Å². The maximum atomic E-state index is 9.93. The summed E-state index contributed by atoms with van der Waals surface area (Å²) in [4.78, 5) is 9.93. The average molecular weight is 138 g/mol. The number of esters is 1. The number of ether oxygens (including phenoxy) is 1. The van der Waals surface area contributed by atoms with Crippen molar-refractivity contribution in [2.45, 2.75) is 11.7 Å². The van der Waals surface area contributed by atoms with E-state index >= 15 is 0 Å². The molecule has 0 rings (SSSR count). The van der Waals surface area contributed by atoms with Crippen LogP contribution < -0.4 is 0 Å². The van der Waals surface area contributed by atoms with Crippen molar-refractivity contribution in [3.8, 4) is 0 Å². The maximum Gasteiger partial charge on any atom is 0.304 e. The quantitative estimate of drug-likeness (QED) is 0.317. The van der Waals surface area contributed by atoms with Gasteiger partial charge in [-0.1, -0.05) is 0 Å². The van der Waals surface area contributed by atoms with E-state index in [2.05, 4.69) is 30.0 Å². The minimum atomic E-state index is -0.586. The Bertz CT molecular complexity index is 71.3. The molecule has 0 unspecified atom stereocenters. The predicted molar refractivity (Wildman–Crippen MR) is 33.5 cm³/mol. The van der Waals surface area contributed by atoms with Gasteiger partial charge in [0.15, 0.2) is 4.77 Å². The zero-order valence-corrected chi connectivity index (χ0v) is 5.58. The lowest BCUT2D eigenvalue weighted by Crippen LogP contribution is -2.01. The van der Waals surface area contributed by atoms with Gasteiger partial charge in [-0.3, -0.25) is 4.79 Å². The van der Waals surface area contributed by atoms with E-state index in [0.29, 0.717) is 0 Å². The highest BCUT2D eigenvalue weighted by molar-refractivity contribution is 7.98. The fraction of sp³-hybridized carbons (Fsp3) is 0.667. The standard InChI is InChI=1S/C3H6O2S2/c1-2(4)5-3(6)7/h3,6-7H,1H3. The summed E-state index contributed by atoms with van der Waals surface area (Å²) >= 11 is 7.32. The van der Waals surface area contributed by atoms with Gasteiger partial charge in [0.1, 0.15) is 0 Å². The third-order valence-electron chi connectivity index (χ3n) is 0.271. The van der Waals surface area contributed by atoms with Crippen molar-refractivity contribution in [3.63, 3.8) is 0 Å². The number of hydrogen-bond donors (Lipinski definition) is 2. The van der Waals surface area contributed by atoms with Gasteiger partial charge in [0.25, 0.3) is 0 Å². The SMILES string of the molecule is CC(=O)OC(S)S.